The van der Waals surface area contributed by atoms with Crippen LogP contribution in [0.1, 0.15) is 6.92 Å². The average molecular weight is 233 g/mol. The molecule has 0 N–H and O–H groups in total. The Balaban J connectivity index is 3.30. The van der Waals surface area contributed by atoms with Gasteiger partial charge in [-0.2, -0.15) is 0 Å². The fourth-order valence-corrected chi connectivity index (χ4v) is 1.19. The first-order valence-corrected chi connectivity index (χ1v) is 5.99. The molecule has 0 fully saturated rings. The molecule has 36 valence electrons. The Morgan fingerprint density at radius 1 is 2.00 bits per heavy atom. The zero-order chi connectivity index (χ0) is 4.99. The van der Waals surface area contributed by atoms with Crippen LogP contribution in [-0.2, 0) is 18.0 Å². The zero-order valence-corrected chi connectivity index (χ0v) is 7.01. The molecule has 0 saturated carbocycles. The van der Waals surface area contributed by atoms with Crippen molar-refractivity contribution in [2.75, 3.05) is 0 Å². The van der Waals surface area contributed by atoms with Gasteiger partial charge in [0.05, 0.1) is 6.81 Å². The van der Waals surface area contributed by atoms with Crippen LogP contribution in [0.25, 0.3) is 0 Å². The molecule has 1 unspecified atom stereocenters. The predicted octanol–water partition coefficient (Wildman–Crippen LogP) is 1.42. The lowest BCUT2D eigenvalue weighted by atomic mass is 10.9. The maximum Gasteiger partial charge on any atom is 0.0566 e. The van der Waals surface area contributed by atoms with E-state index in [1.807, 2.05) is 6.92 Å². The van der Waals surface area contributed by atoms with Gasteiger partial charge in [0, 0.05) is 27.4 Å². The maximum absolute atomic E-state index is 4.69. The van der Waals surface area contributed by atoms with Gasteiger partial charge in [-0.15, -0.1) is 0 Å². The predicted molar refractivity (Wildman–Crippen MR) is 42.9 cm³/mol. The van der Waals surface area contributed by atoms with Crippen molar-refractivity contribution in [1.29, 1.82) is 0 Å². The van der Waals surface area contributed by atoms with Crippen LogP contribution in [0.5, 0.6) is 0 Å². The minimum absolute atomic E-state index is 0.193. The molecule has 0 aliphatic carbocycles. The summed E-state index contributed by atoms with van der Waals surface area (Å²) in [6.07, 6.45) is 1.72. The van der Waals surface area contributed by atoms with Crippen molar-refractivity contribution in [2.24, 2.45) is 4.40 Å². The van der Waals surface area contributed by atoms with Crippen LogP contribution < -0.4 is 0 Å². The van der Waals surface area contributed by atoms with Gasteiger partial charge >= 0.3 is 0 Å². The third-order valence-electron chi connectivity index (χ3n) is 0.188. The lowest BCUT2D eigenvalue weighted by Crippen LogP contribution is -1.60. The highest BCUT2D eigenvalue weighted by atomic mass is 127. The van der Waals surface area contributed by atoms with Crippen molar-refractivity contribution in [3.8, 4) is 0 Å². The van der Waals surface area contributed by atoms with Crippen LogP contribution in [0, 0.1) is 0 Å². The first kappa shape index (κ1) is 6.97. The van der Waals surface area contributed by atoms with E-state index in [1.54, 1.807) is 6.21 Å². The normalized spacial score (nSPS) is 15.7. The van der Waals surface area contributed by atoms with Gasteiger partial charge in [-0.1, -0.05) is 0 Å². The number of hydrogen-bond donors (Lipinski definition) is 0. The molecule has 0 heterocycles. The molecule has 0 aromatic rings. The highest BCUT2D eigenvalue weighted by molar-refractivity contribution is 14.2. The van der Waals surface area contributed by atoms with Crippen LogP contribution in [0.15, 0.2) is 4.40 Å². The fraction of sp³-hybridized carbons (Fsp3) is 0.500. The number of hydrogen-bond acceptors (Lipinski definition) is 1. The summed E-state index contributed by atoms with van der Waals surface area (Å²) in [5, 5.41) is 0. The van der Waals surface area contributed by atoms with Gasteiger partial charge in [0.1, 0.15) is 0 Å². The number of halogens is 1. The summed E-state index contributed by atoms with van der Waals surface area (Å²) < 4.78 is 3.83. The highest BCUT2D eigenvalue weighted by Crippen LogP contribution is 1.92. The molecule has 0 radical (unpaired) electrons. The van der Waals surface area contributed by atoms with E-state index in [1.165, 1.54) is 0 Å². The van der Waals surface area contributed by atoms with E-state index in [4.69, 9.17) is 11.2 Å². The molecule has 4 heteroatoms. The first-order valence-electron chi connectivity index (χ1n) is 1.34. The Hall–Kier alpha value is 0.970. The van der Waals surface area contributed by atoms with Gasteiger partial charge in [-0.05, 0) is 18.1 Å². The van der Waals surface area contributed by atoms with E-state index in [2.05, 4.69) is 25.6 Å². The van der Waals surface area contributed by atoms with Crippen LogP contribution in [-0.4, -0.2) is 6.21 Å². The second kappa shape index (κ2) is 4.14. The minimum Gasteiger partial charge on any atom is -0.216 e. The Labute approximate surface area is 56.5 Å². The third-order valence-corrected chi connectivity index (χ3v) is 1.51. The standard InChI is InChI=1S/C2H4INS2/c1-2-4-6(3)5/h2H,1H3. The molecule has 6 heavy (non-hydrogen) atoms. The van der Waals surface area contributed by atoms with Crippen LogP contribution >= 0.6 is 21.2 Å². The number of rotatable bonds is 1. The lowest BCUT2D eigenvalue weighted by Gasteiger charge is -1.73. The van der Waals surface area contributed by atoms with Crippen molar-refractivity contribution in [1.82, 2.24) is 0 Å². The van der Waals surface area contributed by atoms with Gasteiger partial charge in [0.25, 0.3) is 0 Å². The zero-order valence-electron chi connectivity index (χ0n) is 3.22. The molecule has 0 aromatic carbocycles. The van der Waals surface area contributed by atoms with Crippen molar-refractivity contribution in [3.05, 3.63) is 0 Å². The van der Waals surface area contributed by atoms with Gasteiger partial charge in [0.15, 0.2) is 0 Å². The topological polar surface area (TPSA) is 12.4 Å². The maximum atomic E-state index is 4.69. The van der Waals surface area contributed by atoms with Crippen LogP contribution in [0.3, 0.4) is 0 Å². The van der Waals surface area contributed by atoms with Gasteiger partial charge in [-0.3, -0.25) is 0 Å². The highest BCUT2D eigenvalue weighted by Gasteiger charge is 1.67. The summed E-state index contributed by atoms with van der Waals surface area (Å²) in [6.45, 7) is 1.67. The van der Waals surface area contributed by atoms with Crippen LogP contribution in [0.4, 0.5) is 0 Å². The summed E-state index contributed by atoms with van der Waals surface area (Å²) in [6, 6.07) is 0. The van der Waals surface area contributed by atoms with E-state index in [0.29, 0.717) is 0 Å². The minimum atomic E-state index is -0.193. The summed E-state index contributed by atoms with van der Waals surface area (Å²) in [4.78, 5) is 0. The SMILES string of the molecule is CC=NS(=S)I. The van der Waals surface area contributed by atoms with Crippen molar-refractivity contribution in [3.63, 3.8) is 0 Å². The second-order valence-electron chi connectivity index (χ2n) is 0.570. The van der Waals surface area contributed by atoms with Crippen molar-refractivity contribution in [2.45, 2.75) is 6.92 Å². The molecule has 0 bridgehead atoms. The quantitative estimate of drug-likeness (QED) is 0.379. The van der Waals surface area contributed by atoms with Gasteiger partial charge < -0.3 is 0 Å². The summed E-state index contributed by atoms with van der Waals surface area (Å²) >= 11 is 6.78. The molecule has 0 aromatic heterocycles. The Kier molecular flexibility index (Phi) is 4.81. The summed E-state index contributed by atoms with van der Waals surface area (Å²) in [7, 11) is 0. The van der Waals surface area contributed by atoms with E-state index < -0.39 is 0 Å². The number of nitrogens with zero attached hydrogens (tertiary/aromatic N) is 1. The molecule has 0 rings (SSSR count). The first-order chi connectivity index (χ1) is 2.77. The van der Waals surface area contributed by atoms with Gasteiger partial charge in [0.2, 0.25) is 0 Å². The molecule has 0 aliphatic rings. The second-order valence-corrected chi connectivity index (χ2v) is 6.44. The molecule has 1 nitrogen and oxygen atoms in total. The lowest BCUT2D eigenvalue weighted by molar-refractivity contribution is 1.90. The largest absolute Gasteiger partial charge is 0.216 e. The Morgan fingerprint density at radius 3 is 2.50 bits per heavy atom. The van der Waals surface area contributed by atoms with E-state index in [0.717, 1.165) is 0 Å². The van der Waals surface area contributed by atoms with Crippen LogP contribution in [0.2, 0.25) is 0 Å². The Bertz CT molecular complexity index is 79.6. The fourth-order valence-electron chi connectivity index (χ4n) is 0.0829. The smallest absolute Gasteiger partial charge is 0.0566 e. The van der Waals surface area contributed by atoms with E-state index >= 15 is 0 Å². The van der Waals surface area contributed by atoms with Crippen molar-refractivity contribution < 1.29 is 0 Å². The molecule has 0 aliphatic heterocycles. The average Bonchev–Trinajstić information content (AvgIpc) is 1.35. The van der Waals surface area contributed by atoms with E-state index in [9.17, 15) is 0 Å². The molecular weight excluding hydrogens is 229 g/mol. The summed E-state index contributed by atoms with van der Waals surface area (Å²) in [5.74, 6) is 0. The molecular formula is C2H4INS2. The van der Waals surface area contributed by atoms with E-state index in [-0.39, 0.29) is 6.81 Å². The van der Waals surface area contributed by atoms with Crippen molar-refractivity contribution >= 4 is 45.4 Å². The monoisotopic (exact) mass is 233 g/mol. The molecule has 0 spiro atoms. The molecule has 1 atom stereocenters. The summed E-state index contributed by atoms with van der Waals surface area (Å²) in [5.41, 5.74) is 0. The van der Waals surface area contributed by atoms with Gasteiger partial charge in [-0.25, -0.2) is 4.40 Å². The third kappa shape index (κ3) is 4.97. The Morgan fingerprint density at radius 2 is 2.50 bits per heavy atom. The molecule has 0 saturated heterocycles. The molecule has 0 amide bonds.